The maximum absolute atomic E-state index is 12.8. The highest BCUT2D eigenvalue weighted by Gasteiger charge is 2.29. The maximum Gasteiger partial charge on any atom is 0.414 e. The molecular weight excluding hydrogens is 502 g/mol. The predicted octanol–water partition coefficient (Wildman–Crippen LogP) is 6.26. The van der Waals surface area contributed by atoms with Crippen molar-refractivity contribution in [1.82, 2.24) is 0 Å². The Kier molecular flexibility index (Phi) is 8.48. The molecule has 0 atom stereocenters. The van der Waals surface area contributed by atoms with E-state index >= 15 is 0 Å². The van der Waals surface area contributed by atoms with Crippen molar-refractivity contribution < 1.29 is 33.3 Å². The van der Waals surface area contributed by atoms with Gasteiger partial charge in [0.25, 0.3) is 0 Å². The second kappa shape index (κ2) is 11.7. The number of esters is 2. The fraction of sp³-hybridized carbons (Fsp3) is 0.423. The van der Waals surface area contributed by atoms with Crippen molar-refractivity contribution in [3.8, 4) is 16.9 Å². The SMILES string of the molecule is CCOC(=O)COc1c(C(=O)OC)sc2c(-c3cccc(N(C(=O)OC)C4CCCCC4)c3)csc12. The van der Waals surface area contributed by atoms with Crippen LogP contribution in [-0.4, -0.2) is 51.5 Å². The van der Waals surface area contributed by atoms with Crippen molar-refractivity contribution in [3.05, 3.63) is 34.5 Å². The number of rotatable bonds is 8. The van der Waals surface area contributed by atoms with Gasteiger partial charge in [0.1, 0.15) is 0 Å². The van der Waals surface area contributed by atoms with E-state index in [-0.39, 0.29) is 25.3 Å². The van der Waals surface area contributed by atoms with Gasteiger partial charge in [-0.05, 0) is 37.5 Å². The lowest BCUT2D eigenvalue weighted by molar-refractivity contribution is -0.145. The number of thiophene rings is 2. The second-order valence-electron chi connectivity index (χ2n) is 8.34. The molecule has 0 radical (unpaired) electrons. The molecule has 3 aromatic rings. The Morgan fingerprint density at radius 1 is 1.06 bits per heavy atom. The van der Waals surface area contributed by atoms with Gasteiger partial charge in [-0.15, -0.1) is 22.7 Å². The molecule has 192 valence electrons. The van der Waals surface area contributed by atoms with E-state index in [0.29, 0.717) is 10.6 Å². The number of hydrogen-bond donors (Lipinski definition) is 0. The van der Waals surface area contributed by atoms with Gasteiger partial charge in [-0.25, -0.2) is 14.4 Å². The lowest BCUT2D eigenvalue weighted by Crippen LogP contribution is -2.41. The van der Waals surface area contributed by atoms with Gasteiger partial charge in [-0.1, -0.05) is 31.4 Å². The molecule has 10 heteroatoms. The highest BCUT2D eigenvalue weighted by Crippen LogP contribution is 2.47. The normalized spacial score (nSPS) is 13.9. The lowest BCUT2D eigenvalue weighted by Gasteiger charge is -2.33. The Balaban J connectivity index is 1.72. The number of carbonyl (C=O) groups is 3. The monoisotopic (exact) mass is 531 g/mol. The van der Waals surface area contributed by atoms with E-state index < -0.39 is 11.9 Å². The number of carbonyl (C=O) groups excluding carboxylic acids is 3. The number of amides is 1. The molecule has 0 saturated heterocycles. The van der Waals surface area contributed by atoms with Crippen molar-refractivity contribution in [3.63, 3.8) is 0 Å². The average molecular weight is 532 g/mol. The lowest BCUT2D eigenvalue weighted by atomic mass is 9.94. The van der Waals surface area contributed by atoms with E-state index in [2.05, 4.69) is 0 Å². The molecule has 1 aliphatic rings. The fourth-order valence-corrected chi connectivity index (χ4v) is 6.95. The van der Waals surface area contributed by atoms with Crippen LogP contribution >= 0.6 is 22.7 Å². The summed E-state index contributed by atoms with van der Waals surface area (Å²) in [5.41, 5.74) is 2.58. The van der Waals surface area contributed by atoms with E-state index in [0.717, 1.165) is 51.9 Å². The molecule has 2 heterocycles. The van der Waals surface area contributed by atoms with E-state index in [1.165, 1.54) is 43.3 Å². The third-order valence-electron chi connectivity index (χ3n) is 6.12. The van der Waals surface area contributed by atoms with Gasteiger partial charge in [0.15, 0.2) is 17.2 Å². The predicted molar refractivity (Wildman–Crippen MR) is 140 cm³/mol. The number of anilines is 1. The third-order valence-corrected chi connectivity index (χ3v) is 8.41. The van der Waals surface area contributed by atoms with Crippen molar-refractivity contribution in [1.29, 1.82) is 0 Å². The Labute approximate surface area is 217 Å². The Hall–Kier alpha value is -3.11. The summed E-state index contributed by atoms with van der Waals surface area (Å²) in [4.78, 5) is 39.2. The van der Waals surface area contributed by atoms with Crippen LogP contribution in [-0.2, 0) is 19.0 Å². The van der Waals surface area contributed by atoms with Crippen LogP contribution in [0, 0.1) is 0 Å². The first-order chi connectivity index (χ1) is 17.5. The van der Waals surface area contributed by atoms with Crippen LogP contribution in [0.3, 0.4) is 0 Å². The van der Waals surface area contributed by atoms with E-state index in [4.69, 9.17) is 18.9 Å². The van der Waals surface area contributed by atoms with E-state index in [1.807, 2.05) is 29.6 Å². The zero-order valence-electron chi connectivity index (χ0n) is 20.5. The highest BCUT2D eigenvalue weighted by molar-refractivity contribution is 7.29. The van der Waals surface area contributed by atoms with Gasteiger partial charge in [0, 0.05) is 22.7 Å². The van der Waals surface area contributed by atoms with Crippen molar-refractivity contribution >= 4 is 55.8 Å². The molecule has 2 aromatic heterocycles. The van der Waals surface area contributed by atoms with Crippen molar-refractivity contribution in [2.45, 2.75) is 45.1 Å². The number of methoxy groups -OCH3 is 2. The molecule has 0 aliphatic heterocycles. The number of benzene rings is 1. The summed E-state index contributed by atoms with van der Waals surface area (Å²) in [5, 5.41) is 1.99. The van der Waals surface area contributed by atoms with E-state index in [1.54, 1.807) is 11.8 Å². The largest absolute Gasteiger partial charge is 0.479 e. The second-order valence-corrected chi connectivity index (χ2v) is 10.2. The minimum atomic E-state index is -0.531. The minimum Gasteiger partial charge on any atom is -0.479 e. The molecular formula is C26H29NO7S2. The summed E-state index contributed by atoms with van der Waals surface area (Å²) in [6, 6.07) is 7.88. The number of fused-ring (bicyclic) bond motifs is 1. The maximum atomic E-state index is 12.8. The first-order valence-electron chi connectivity index (χ1n) is 11.9. The van der Waals surface area contributed by atoms with Crippen LogP contribution in [0.15, 0.2) is 29.6 Å². The fourth-order valence-electron chi connectivity index (χ4n) is 4.47. The van der Waals surface area contributed by atoms with Gasteiger partial charge in [-0.3, -0.25) is 4.90 Å². The van der Waals surface area contributed by atoms with Crippen molar-refractivity contribution in [2.24, 2.45) is 0 Å². The van der Waals surface area contributed by atoms with Gasteiger partial charge in [0.2, 0.25) is 0 Å². The van der Waals surface area contributed by atoms with Gasteiger partial charge >= 0.3 is 18.0 Å². The van der Waals surface area contributed by atoms with Crippen LogP contribution < -0.4 is 9.64 Å². The quantitative estimate of drug-likeness (QED) is 0.250. The van der Waals surface area contributed by atoms with Crippen LogP contribution in [0.5, 0.6) is 5.75 Å². The third kappa shape index (κ3) is 5.34. The Morgan fingerprint density at radius 2 is 1.83 bits per heavy atom. The minimum absolute atomic E-state index is 0.0967. The van der Waals surface area contributed by atoms with Crippen LogP contribution in [0.1, 0.15) is 48.7 Å². The van der Waals surface area contributed by atoms with E-state index in [9.17, 15) is 14.4 Å². The first kappa shape index (κ1) is 26.0. The molecule has 0 bridgehead atoms. The number of ether oxygens (including phenoxy) is 4. The van der Waals surface area contributed by atoms with Crippen LogP contribution in [0.25, 0.3) is 20.5 Å². The highest BCUT2D eigenvalue weighted by atomic mass is 32.1. The van der Waals surface area contributed by atoms with Crippen molar-refractivity contribution in [2.75, 3.05) is 32.3 Å². The summed E-state index contributed by atoms with van der Waals surface area (Å²) < 4.78 is 22.4. The molecule has 1 aromatic carbocycles. The number of nitrogens with zero attached hydrogens (tertiary/aromatic N) is 1. The topological polar surface area (TPSA) is 91.4 Å². The first-order valence-corrected chi connectivity index (χ1v) is 13.6. The summed E-state index contributed by atoms with van der Waals surface area (Å²) in [6.45, 7) is 1.66. The van der Waals surface area contributed by atoms with Crippen LogP contribution in [0.2, 0.25) is 0 Å². The van der Waals surface area contributed by atoms with Crippen LogP contribution in [0.4, 0.5) is 10.5 Å². The number of hydrogen-bond acceptors (Lipinski definition) is 9. The Morgan fingerprint density at radius 3 is 2.53 bits per heavy atom. The zero-order chi connectivity index (χ0) is 25.7. The zero-order valence-corrected chi connectivity index (χ0v) is 22.2. The smallest absolute Gasteiger partial charge is 0.414 e. The average Bonchev–Trinajstić information content (AvgIpc) is 3.47. The molecule has 0 unspecified atom stereocenters. The molecule has 1 saturated carbocycles. The molecule has 0 spiro atoms. The Bertz CT molecular complexity index is 1240. The molecule has 0 N–H and O–H groups in total. The van der Waals surface area contributed by atoms with Gasteiger partial charge < -0.3 is 18.9 Å². The summed E-state index contributed by atoms with van der Waals surface area (Å²) in [5.74, 6) is -0.723. The van der Waals surface area contributed by atoms with Gasteiger partial charge in [0.05, 0.1) is 30.2 Å². The molecule has 1 fully saturated rings. The standard InChI is InChI=1S/C26H29NO7S2/c1-4-33-20(28)14-34-21-23-22(36-24(21)25(29)31-2)19(15-35-23)16-9-8-12-18(13-16)27(26(30)32-3)17-10-6-5-7-11-17/h8-9,12-13,15,17H,4-7,10-11,14H2,1-3H3. The van der Waals surface area contributed by atoms with Gasteiger partial charge in [-0.2, -0.15) is 0 Å². The molecule has 1 aliphatic carbocycles. The summed E-state index contributed by atoms with van der Waals surface area (Å²) in [6.07, 6.45) is 4.87. The summed E-state index contributed by atoms with van der Waals surface area (Å²) >= 11 is 2.68. The molecule has 1 amide bonds. The summed E-state index contributed by atoms with van der Waals surface area (Å²) in [7, 11) is 2.71. The molecule has 36 heavy (non-hydrogen) atoms. The molecule has 4 rings (SSSR count). The molecule has 8 nitrogen and oxygen atoms in total.